The molecule has 0 radical (unpaired) electrons. The fourth-order valence-electron chi connectivity index (χ4n) is 2.90. The van der Waals surface area contributed by atoms with Crippen LogP contribution in [0.2, 0.25) is 0 Å². The number of rotatable bonds is 3. The van der Waals surface area contributed by atoms with Crippen LogP contribution < -0.4 is 19.9 Å². The molecule has 2 atom stereocenters. The second-order valence-corrected chi connectivity index (χ2v) is 6.63. The minimum absolute atomic E-state index is 0.258. The Hall–Kier alpha value is -2.55. The number of fused-ring (bicyclic) bond motifs is 1. The van der Waals surface area contributed by atoms with Gasteiger partial charge in [0.05, 0.1) is 35.5 Å². The van der Waals surface area contributed by atoms with Gasteiger partial charge in [0, 0.05) is 6.07 Å². The number of carboxylic acid groups (broad SMARTS) is 1. The summed E-state index contributed by atoms with van der Waals surface area (Å²) in [6.07, 6.45) is -1.79. The minimum atomic E-state index is -1.04. The highest BCUT2D eigenvalue weighted by molar-refractivity contribution is 7.80. The number of benzene rings is 1. The Bertz CT molecular complexity index is 726. The van der Waals surface area contributed by atoms with Gasteiger partial charge in [-0.25, -0.2) is 9.59 Å². The van der Waals surface area contributed by atoms with Crippen molar-refractivity contribution in [2.24, 2.45) is 0 Å². The minimum Gasteiger partial charge on any atom is -0.489 e. The van der Waals surface area contributed by atoms with Crippen molar-refractivity contribution in [2.75, 3.05) is 29.5 Å². The maximum absolute atomic E-state index is 12.1. The van der Waals surface area contributed by atoms with Crippen molar-refractivity contribution in [3.8, 4) is 5.75 Å². The van der Waals surface area contributed by atoms with Crippen LogP contribution in [0.25, 0.3) is 0 Å². The van der Waals surface area contributed by atoms with E-state index in [1.54, 1.807) is 32.0 Å². The van der Waals surface area contributed by atoms with E-state index in [9.17, 15) is 14.7 Å². The lowest BCUT2D eigenvalue weighted by Gasteiger charge is -2.33. The molecule has 1 aromatic carbocycles. The predicted molar refractivity (Wildman–Crippen MR) is 95.8 cm³/mol. The molecule has 2 N–H and O–H groups in total. The molecule has 0 bridgehead atoms. The number of nitrogens with zero attached hydrogens (tertiary/aromatic N) is 2. The van der Waals surface area contributed by atoms with E-state index >= 15 is 0 Å². The molecule has 2 aliphatic rings. The largest absolute Gasteiger partial charge is 0.489 e. The number of hydrogen-bond donors (Lipinski definition) is 2. The van der Waals surface area contributed by atoms with Crippen molar-refractivity contribution in [1.29, 1.82) is 0 Å². The zero-order valence-electron chi connectivity index (χ0n) is 13.9. The van der Waals surface area contributed by atoms with Crippen molar-refractivity contribution in [2.45, 2.75) is 26.0 Å². The Balaban J connectivity index is 1.79. The lowest BCUT2D eigenvalue weighted by Crippen LogP contribution is -2.44. The van der Waals surface area contributed by atoms with Gasteiger partial charge >= 0.3 is 12.2 Å². The molecule has 2 heterocycles. The van der Waals surface area contributed by atoms with Crippen molar-refractivity contribution >= 4 is 40.8 Å². The third-order valence-corrected chi connectivity index (χ3v) is 4.24. The first-order chi connectivity index (χ1) is 11.9. The molecule has 3 rings (SSSR count). The molecule has 0 aromatic heterocycles. The molecule has 0 aliphatic carbocycles. The third kappa shape index (κ3) is 3.46. The van der Waals surface area contributed by atoms with E-state index in [0.717, 1.165) is 0 Å². The van der Waals surface area contributed by atoms with Gasteiger partial charge in [0.2, 0.25) is 0 Å². The maximum Gasteiger partial charge on any atom is 0.414 e. The predicted octanol–water partition coefficient (Wildman–Crippen LogP) is 2.21. The molecule has 8 nitrogen and oxygen atoms in total. The molecular formula is C16H19N3O5S. The van der Waals surface area contributed by atoms with Gasteiger partial charge in [-0.15, -0.1) is 0 Å². The molecular weight excluding hydrogens is 346 g/mol. The molecule has 134 valence electrons. The van der Waals surface area contributed by atoms with Gasteiger partial charge in [0.1, 0.15) is 18.5 Å². The van der Waals surface area contributed by atoms with E-state index in [2.05, 4.69) is 5.32 Å². The number of amides is 2. The van der Waals surface area contributed by atoms with Gasteiger partial charge < -0.3 is 19.9 Å². The SMILES string of the molecule is CC(=S)NC[C@@H]1CN(c2ccc3c(c2)OC[C@@H](C)N3C(=O)O)C(=O)O1. The number of thiocarbonyl (C=S) groups is 1. The summed E-state index contributed by atoms with van der Waals surface area (Å²) in [7, 11) is 0. The van der Waals surface area contributed by atoms with Crippen LogP contribution in [-0.4, -0.2) is 54.1 Å². The number of ether oxygens (including phenoxy) is 2. The van der Waals surface area contributed by atoms with Crippen LogP contribution in [0.3, 0.4) is 0 Å². The number of carbonyl (C=O) groups excluding carboxylic acids is 1. The summed E-state index contributed by atoms with van der Waals surface area (Å²) in [5.41, 5.74) is 1.07. The Morgan fingerprint density at radius 2 is 2.24 bits per heavy atom. The van der Waals surface area contributed by atoms with Crippen LogP contribution in [0.5, 0.6) is 5.75 Å². The number of carbonyl (C=O) groups is 2. The smallest absolute Gasteiger partial charge is 0.414 e. The van der Waals surface area contributed by atoms with Gasteiger partial charge in [0.15, 0.2) is 0 Å². The number of nitrogens with one attached hydrogen (secondary N) is 1. The number of hydrogen-bond acceptors (Lipinski definition) is 5. The summed E-state index contributed by atoms with van der Waals surface area (Å²) in [6, 6.07) is 4.73. The molecule has 2 aliphatic heterocycles. The molecule has 9 heteroatoms. The summed E-state index contributed by atoms with van der Waals surface area (Å²) in [4.78, 5) is 27.0. The first-order valence-corrected chi connectivity index (χ1v) is 8.29. The summed E-state index contributed by atoms with van der Waals surface area (Å²) >= 11 is 4.96. The monoisotopic (exact) mass is 365 g/mol. The third-order valence-electron chi connectivity index (χ3n) is 4.09. The number of cyclic esters (lactones) is 1. The van der Waals surface area contributed by atoms with Gasteiger partial charge in [-0.2, -0.15) is 0 Å². The molecule has 0 spiro atoms. The van der Waals surface area contributed by atoms with E-state index in [1.807, 2.05) is 0 Å². The van der Waals surface area contributed by atoms with E-state index in [1.165, 1.54) is 9.80 Å². The van der Waals surface area contributed by atoms with Crippen LogP contribution in [0.1, 0.15) is 13.8 Å². The van der Waals surface area contributed by atoms with Crippen LogP contribution >= 0.6 is 12.2 Å². The van der Waals surface area contributed by atoms with Crippen molar-refractivity contribution < 1.29 is 24.2 Å². The quantitative estimate of drug-likeness (QED) is 0.794. The summed E-state index contributed by atoms with van der Waals surface area (Å²) in [5, 5.41) is 12.4. The first kappa shape index (κ1) is 17.3. The van der Waals surface area contributed by atoms with Gasteiger partial charge in [0.25, 0.3) is 0 Å². The Morgan fingerprint density at radius 1 is 1.48 bits per heavy atom. The average Bonchev–Trinajstić information content (AvgIpc) is 2.93. The molecule has 0 unspecified atom stereocenters. The lowest BCUT2D eigenvalue weighted by atomic mass is 10.1. The molecule has 2 amide bonds. The van der Waals surface area contributed by atoms with Gasteiger partial charge in [-0.1, -0.05) is 12.2 Å². The van der Waals surface area contributed by atoms with Crippen molar-refractivity contribution in [1.82, 2.24) is 5.32 Å². The first-order valence-electron chi connectivity index (χ1n) is 7.88. The molecule has 0 saturated carbocycles. The maximum atomic E-state index is 12.1. The molecule has 1 fully saturated rings. The van der Waals surface area contributed by atoms with Crippen LogP contribution in [0.4, 0.5) is 21.0 Å². The van der Waals surface area contributed by atoms with Gasteiger partial charge in [-0.3, -0.25) is 9.80 Å². The molecule has 1 aromatic rings. The van der Waals surface area contributed by atoms with E-state index in [0.29, 0.717) is 35.2 Å². The van der Waals surface area contributed by atoms with Crippen LogP contribution in [0.15, 0.2) is 18.2 Å². The lowest BCUT2D eigenvalue weighted by molar-refractivity contribution is 0.143. The standard InChI is InChI=1S/C16H19N3O5S/c1-9-8-23-14-5-11(3-4-13(14)19(9)15(20)21)18-7-12(24-16(18)22)6-17-10(2)25/h3-5,9,12H,6-8H2,1-2H3,(H,17,25)(H,20,21)/t9-,12-/m1/s1. The normalized spacial score (nSPS) is 22.1. The Kier molecular flexibility index (Phi) is 4.67. The second-order valence-electron chi connectivity index (χ2n) is 6.02. The van der Waals surface area contributed by atoms with Crippen LogP contribution in [-0.2, 0) is 4.74 Å². The fraction of sp³-hybridized carbons (Fsp3) is 0.438. The summed E-state index contributed by atoms with van der Waals surface area (Å²) < 4.78 is 11.0. The molecule has 25 heavy (non-hydrogen) atoms. The highest BCUT2D eigenvalue weighted by Gasteiger charge is 2.34. The van der Waals surface area contributed by atoms with Crippen LogP contribution in [0, 0.1) is 0 Å². The zero-order valence-corrected chi connectivity index (χ0v) is 14.7. The van der Waals surface area contributed by atoms with E-state index < -0.39 is 12.2 Å². The fourth-order valence-corrected chi connectivity index (χ4v) is 2.98. The zero-order chi connectivity index (χ0) is 18.1. The number of anilines is 2. The highest BCUT2D eigenvalue weighted by Crippen LogP contribution is 2.38. The Labute approximate surface area is 150 Å². The van der Waals surface area contributed by atoms with Crippen molar-refractivity contribution in [3.63, 3.8) is 0 Å². The topological polar surface area (TPSA) is 91.3 Å². The average molecular weight is 365 g/mol. The summed E-state index contributed by atoms with van der Waals surface area (Å²) in [5.74, 6) is 0.433. The molecule has 1 saturated heterocycles. The highest BCUT2D eigenvalue weighted by atomic mass is 32.1. The van der Waals surface area contributed by atoms with Crippen molar-refractivity contribution in [3.05, 3.63) is 18.2 Å². The second kappa shape index (κ2) is 6.75. The van der Waals surface area contributed by atoms with Gasteiger partial charge in [-0.05, 0) is 26.0 Å². The van der Waals surface area contributed by atoms with E-state index in [4.69, 9.17) is 21.7 Å². The van der Waals surface area contributed by atoms with E-state index in [-0.39, 0.29) is 18.8 Å². The Morgan fingerprint density at radius 3 is 2.92 bits per heavy atom. The summed E-state index contributed by atoms with van der Waals surface area (Å²) in [6.45, 7) is 4.63.